The Morgan fingerprint density at radius 1 is 1.29 bits per heavy atom. The molecule has 31 heavy (non-hydrogen) atoms. The van der Waals surface area contributed by atoms with Crippen LogP contribution in [0, 0.1) is 0 Å². The van der Waals surface area contributed by atoms with Crippen LogP contribution in [0.2, 0.25) is 0 Å². The maximum Gasteiger partial charge on any atom is 0.316 e. The fourth-order valence-electron chi connectivity index (χ4n) is 3.99. The summed E-state index contributed by atoms with van der Waals surface area (Å²) in [6, 6.07) is 1.02. The predicted molar refractivity (Wildman–Crippen MR) is 111 cm³/mol. The number of rotatable bonds is 5. The van der Waals surface area contributed by atoms with Crippen molar-refractivity contribution in [3.05, 3.63) is 24.8 Å². The van der Waals surface area contributed by atoms with E-state index < -0.39 is 0 Å². The number of carbonyl (C=O) groups excluding carboxylic acids is 1. The fourth-order valence-corrected chi connectivity index (χ4v) is 3.99. The Hall–Kier alpha value is -3.05. The number of imidazole rings is 1. The molecule has 0 saturated carbocycles. The molecule has 2 aliphatic rings. The van der Waals surface area contributed by atoms with Gasteiger partial charge >= 0.3 is 6.01 Å². The normalized spacial score (nSPS) is 22.7. The van der Waals surface area contributed by atoms with Gasteiger partial charge in [0, 0.05) is 64.1 Å². The lowest BCUT2D eigenvalue weighted by Crippen LogP contribution is -2.47. The molecule has 2 aromatic heterocycles. The number of ether oxygens (including phenoxy) is 2. The molecule has 1 amide bonds. The standard InChI is InChI=1S/C19H26N6O3.CH2O2/c1-23(2)17(26)7-16-11-24-10-14(6-15(24)12-28-16)25-5-4-20-18(25)13-8-21-19(27-3)22-9-13;2-1-3/h4-5,8-9,14-16H,6-7,10-12H2,1-3H3;1H,(H,2,3)/t14-,15+,16+;/m1./s1. The molecule has 11 nitrogen and oxygen atoms in total. The van der Waals surface area contributed by atoms with Crippen LogP contribution in [0.3, 0.4) is 0 Å². The van der Waals surface area contributed by atoms with Crippen LogP contribution >= 0.6 is 0 Å². The quantitative estimate of drug-likeness (QED) is 0.674. The number of fused-ring (bicyclic) bond motifs is 1. The molecule has 0 radical (unpaired) electrons. The Balaban J connectivity index is 0.000000858. The summed E-state index contributed by atoms with van der Waals surface area (Å²) in [6.07, 6.45) is 8.68. The number of hydrogen-bond acceptors (Lipinski definition) is 8. The third-order valence-corrected chi connectivity index (χ3v) is 5.50. The first-order chi connectivity index (χ1) is 15.0. The summed E-state index contributed by atoms with van der Waals surface area (Å²) in [5.41, 5.74) is 0.862. The summed E-state index contributed by atoms with van der Waals surface area (Å²) in [5, 5.41) is 6.89. The highest BCUT2D eigenvalue weighted by Crippen LogP contribution is 2.33. The first kappa shape index (κ1) is 22.6. The number of morpholine rings is 1. The molecule has 0 bridgehead atoms. The first-order valence-corrected chi connectivity index (χ1v) is 9.99. The molecule has 2 aliphatic heterocycles. The average molecular weight is 432 g/mol. The van der Waals surface area contributed by atoms with E-state index in [-0.39, 0.29) is 18.5 Å². The predicted octanol–water partition coefficient (Wildman–Crippen LogP) is 0.542. The highest BCUT2D eigenvalue weighted by molar-refractivity contribution is 5.76. The van der Waals surface area contributed by atoms with E-state index in [0.717, 1.165) is 30.9 Å². The molecule has 4 heterocycles. The number of aromatic nitrogens is 4. The minimum absolute atomic E-state index is 0.0397. The molecule has 0 spiro atoms. The molecule has 0 aliphatic carbocycles. The van der Waals surface area contributed by atoms with Gasteiger partial charge in [-0.25, -0.2) is 15.0 Å². The Morgan fingerprint density at radius 2 is 2.00 bits per heavy atom. The molecular weight excluding hydrogens is 404 g/mol. The van der Waals surface area contributed by atoms with Crippen LogP contribution in [0.1, 0.15) is 18.9 Å². The maximum atomic E-state index is 12.0. The number of carbonyl (C=O) groups is 2. The minimum Gasteiger partial charge on any atom is -0.483 e. The highest BCUT2D eigenvalue weighted by Gasteiger charge is 2.39. The van der Waals surface area contributed by atoms with Gasteiger partial charge in [-0.2, -0.15) is 0 Å². The van der Waals surface area contributed by atoms with Crippen LogP contribution in [0.4, 0.5) is 0 Å². The SMILES string of the molecule is COc1ncc(-c2nccn2[C@@H]2C[C@H]3CO[C@@H](CC(=O)N(C)C)CN3C2)cn1.O=CO. The second-order valence-electron chi connectivity index (χ2n) is 7.67. The zero-order valence-corrected chi connectivity index (χ0v) is 17.9. The molecule has 168 valence electrons. The Bertz CT molecular complexity index is 871. The van der Waals surface area contributed by atoms with Crippen LogP contribution in [-0.2, 0) is 14.3 Å². The Labute approximate surface area is 180 Å². The number of amides is 1. The van der Waals surface area contributed by atoms with Crippen LogP contribution in [0.5, 0.6) is 6.01 Å². The minimum atomic E-state index is -0.250. The van der Waals surface area contributed by atoms with Crippen molar-refractivity contribution >= 4 is 12.4 Å². The number of hydrogen-bond donors (Lipinski definition) is 1. The zero-order chi connectivity index (χ0) is 22.4. The van der Waals surface area contributed by atoms with Gasteiger partial charge in [0.25, 0.3) is 6.47 Å². The summed E-state index contributed by atoms with van der Waals surface area (Å²) >= 11 is 0. The fraction of sp³-hybridized carbons (Fsp3) is 0.550. The van der Waals surface area contributed by atoms with Gasteiger partial charge in [0.05, 0.1) is 31.8 Å². The van der Waals surface area contributed by atoms with E-state index in [9.17, 15) is 4.79 Å². The first-order valence-electron chi connectivity index (χ1n) is 9.99. The van der Waals surface area contributed by atoms with E-state index in [1.807, 2.05) is 12.4 Å². The maximum absolute atomic E-state index is 12.0. The monoisotopic (exact) mass is 432 g/mol. The molecule has 0 unspecified atom stereocenters. The van der Waals surface area contributed by atoms with Crippen molar-refractivity contribution in [2.45, 2.75) is 31.0 Å². The van der Waals surface area contributed by atoms with Crippen molar-refractivity contribution in [2.24, 2.45) is 0 Å². The van der Waals surface area contributed by atoms with Gasteiger partial charge in [0.15, 0.2) is 0 Å². The molecule has 0 aromatic carbocycles. The van der Waals surface area contributed by atoms with Gasteiger partial charge in [0.2, 0.25) is 5.91 Å². The molecule has 2 fully saturated rings. The number of methoxy groups -OCH3 is 1. The molecule has 2 saturated heterocycles. The van der Waals surface area contributed by atoms with Crippen molar-refractivity contribution < 1.29 is 24.2 Å². The third-order valence-electron chi connectivity index (χ3n) is 5.50. The van der Waals surface area contributed by atoms with Gasteiger partial charge in [-0.3, -0.25) is 14.5 Å². The van der Waals surface area contributed by atoms with Crippen molar-refractivity contribution in [1.82, 2.24) is 29.3 Å². The lowest BCUT2D eigenvalue weighted by molar-refractivity contribution is -0.134. The summed E-state index contributed by atoms with van der Waals surface area (Å²) in [7, 11) is 5.11. The topological polar surface area (TPSA) is 123 Å². The summed E-state index contributed by atoms with van der Waals surface area (Å²) in [5.74, 6) is 0.961. The zero-order valence-electron chi connectivity index (χ0n) is 17.9. The summed E-state index contributed by atoms with van der Waals surface area (Å²) in [4.78, 5) is 37.3. The van der Waals surface area contributed by atoms with Gasteiger partial charge in [-0.1, -0.05) is 0 Å². The lowest BCUT2D eigenvalue weighted by Gasteiger charge is -2.35. The molecule has 1 N–H and O–H groups in total. The molecule has 3 atom stereocenters. The van der Waals surface area contributed by atoms with Crippen molar-refractivity contribution in [3.63, 3.8) is 0 Å². The second kappa shape index (κ2) is 10.3. The van der Waals surface area contributed by atoms with Gasteiger partial charge in [-0.05, 0) is 6.42 Å². The number of nitrogens with zero attached hydrogens (tertiary/aromatic N) is 6. The largest absolute Gasteiger partial charge is 0.483 e. The van der Waals surface area contributed by atoms with Crippen molar-refractivity contribution in [3.8, 4) is 17.4 Å². The average Bonchev–Trinajstić information content (AvgIpc) is 3.41. The van der Waals surface area contributed by atoms with Gasteiger partial charge < -0.3 is 24.0 Å². The van der Waals surface area contributed by atoms with E-state index in [0.29, 0.717) is 31.1 Å². The van der Waals surface area contributed by atoms with Crippen LogP contribution in [0.15, 0.2) is 24.8 Å². The number of carboxylic acid groups (broad SMARTS) is 1. The van der Waals surface area contributed by atoms with Crippen LogP contribution < -0.4 is 4.74 Å². The Kier molecular flexibility index (Phi) is 7.53. The summed E-state index contributed by atoms with van der Waals surface area (Å²) in [6.45, 7) is 2.12. The van der Waals surface area contributed by atoms with Crippen molar-refractivity contribution in [1.29, 1.82) is 0 Å². The van der Waals surface area contributed by atoms with Crippen LogP contribution in [0.25, 0.3) is 11.4 Å². The molecule has 2 aromatic rings. The lowest BCUT2D eigenvalue weighted by atomic mass is 10.1. The molecule has 4 rings (SSSR count). The van der Waals surface area contributed by atoms with Gasteiger partial charge in [-0.15, -0.1) is 0 Å². The van der Waals surface area contributed by atoms with E-state index in [1.54, 1.807) is 38.5 Å². The van der Waals surface area contributed by atoms with E-state index >= 15 is 0 Å². The van der Waals surface area contributed by atoms with Crippen molar-refractivity contribution in [2.75, 3.05) is 40.9 Å². The Morgan fingerprint density at radius 3 is 2.65 bits per heavy atom. The van der Waals surface area contributed by atoms with Gasteiger partial charge in [0.1, 0.15) is 5.82 Å². The molecule has 11 heteroatoms. The highest BCUT2D eigenvalue weighted by atomic mass is 16.5. The van der Waals surface area contributed by atoms with Crippen LogP contribution in [-0.4, -0.2) is 99.9 Å². The van der Waals surface area contributed by atoms with E-state index in [2.05, 4.69) is 24.4 Å². The van der Waals surface area contributed by atoms with E-state index in [4.69, 9.17) is 19.4 Å². The third kappa shape index (κ3) is 5.36. The summed E-state index contributed by atoms with van der Waals surface area (Å²) < 4.78 is 13.2. The smallest absolute Gasteiger partial charge is 0.316 e. The second-order valence-corrected chi connectivity index (χ2v) is 7.67. The molecular formula is C20H28N6O5. The van der Waals surface area contributed by atoms with E-state index in [1.165, 1.54) is 0 Å².